The number of aliphatic hydroxyl groups is 1. The molecule has 1 amide bonds. The average Bonchev–Trinajstić information content (AvgIpc) is 2.16. The Morgan fingerprint density at radius 1 is 1.53 bits per heavy atom. The molecule has 0 radical (unpaired) electrons. The maximum absolute atomic E-state index is 11.3. The minimum Gasteiger partial charge on any atom is -0.394 e. The molecule has 0 aliphatic heterocycles. The molecule has 4 heteroatoms. The molecule has 0 saturated heterocycles. The summed E-state index contributed by atoms with van der Waals surface area (Å²) in [7, 11) is 0. The zero-order valence-corrected chi connectivity index (χ0v) is 9.42. The Bertz CT molecular complexity index is 221. The van der Waals surface area contributed by atoms with Crippen molar-refractivity contribution in [2.75, 3.05) is 19.7 Å². The minimum absolute atomic E-state index is 0.0287. The molecule has 86 valence electrons. The lowest BCUT2D eigenvalue weighted by atomic mass is 10.0. The summed E-state index contributed by atoms with van der Waals surface area (Å²) in [5.74, 6) is 2.69. The molecule has 0 aromatic heterocycles. The van der Waals surface area contributed by atoms with Gasteiger partial charge in [-0.3, -0.25) is 10.1 Å². The molecular formula is C11H20N2O2. The molecule has 15 heavy (non-hydrogen) atoms. The van der Waals surface area contributed by atoms with E-state index in [0.717, 1.165) is 6.42 Å². The van der Waals surface area contributed by atoms with E-state index in [0.29, 0.717) is 12.5 Å². The van der Waals surface area contributed by atoms with Crippen molar-refractivity contribution < 1.29 is 9.90 Å². The Kier molecular flexibility index (Phi) is 7.69. The first-order chi connectivity index (χ1) is 7.10. The second-order valence-corrected chi connectivity index (χ2v) is 3.88. The van der Waals surface area contributed by atoms with E-state index in [9.17, 15) is 4.79 Å². The highest BCUT2D eigenvalue weighted by Gasteiger charge is 2.12. The molecule has 0 aromatic carbocycles. The van der Waals surface area contributed by atoms with Crippen molar-refractivity contribution in [3.05, 3.63) is 0 Å². The van der Waals surface area contributed by atoms with Crippen molar-refractivity contribution in [3.63, 3.8) is 0 Å². The van der Waals surface area contributed by atoms with E-state index >= 15 is 0 Å². The summed E-state index contributed by atoms with van der Waals surface area (Å²) in [6.07, 6.45) is 5.80. The molecule has 0 fully saturated rings. The third kappa shape index (κ3) is 7.98. The number of nitrogens with one attached hydrogen (secondary N) is 2. The maximum atomic E-state index is 11.3. The average molecular weight is 212 g/mol. The Morgan fingerprint density at radius 3 is 2.67 bits per heavy atom. The molecule has 0 aliphatic carbocycles. The summed E-state index contributed by atoms with van der Waals surface area (Å²) in [4.78, 5) is 11.3. The van der Waals surface area contributed by atoms with Gasteiger partial charge in [-0.1, -0.05) is 19.8 Å². The summed E-state index contributed by atoms with van der Waals surface area (Å²) in [5.41, 5.74) is 0. The van der Waals surface area contributed by atoms with Crippen molar-refractivity contribution in [1.82, 2.24) is 10.6 Å². The van der Waals surface area contributed by atoms with E-state index in [1.165, 1.54) is 0 Å². The molecule has 0 rings (SSSR count). The van der Waals surface area contributed by atoms with E-state index < -0.39 is 0 Å². The van der Waals surface area contributed by atoms with Crippen LogP contribution in [-0.2, 0) is 4.79 Å². The van der Waals surface area contributed by atoms with Gasteiger partial charge in [0.05, 0.1) is 25.7 Å². The fraction of sp³-hybridized carbons (Fsp3) is 0.727. The van der Waals surface area contributed by atoms with Crippen LogP contribution in [0.5, 0.6) is 0 Å². The lowest BCUT2D eigenvalue weighted by Gasteiger charge is -2.18. The maximum Gasteiger partial charge on any atom is 0.234 e. The number of carbonyl (C=O) groups excluding carboxylic acids is 1. The van der Waals surface area contributed by atoms with E-state index in [-0.39, 0.29) is 25.1 Å². The monoisotopic (exact) mass is 212 g/mol. The van der Waals surface area contributed by atoms with Gasteiger partial charge in [0.15, 0.2) is 0 Å². The smallest absolute Gasteiger partial charge is 0.234 e. The zero-order chi connectivity index (χ0) is 11.7. The number of carbonyl (C=O) groups is 1. The lowest BCUT2D eigenvalue weighted by Crippen LogP contribution is -2.42. The number of hydrogen-bond acceptors (Lipinski definition) is 3. The van der Waals surface area contributed by atoms with Crippen LogP contribution in [0, 0.1) is 18.3 Å². The Morgan fingerprint density at radius 2 is 2.20 bits per heavy atom. The second kappa shape index (κ2) is 8.27. The lowest BCUT2D eigenvalue weighted by molar-refractivity contribution is -0.121. The highest BCUT2D eigenvalue weighted by Crippen LogP contribution is 2.03. The molecule has 0 aliphatic rings. The fourth-order valence-electron chi connectivity index (χ4n) is 1.28. The normalized spacial score (nSPS) is 12.2. The molecule has 3 N–H and O–H groups in total. The topological polar surface area (TPSA) is 61.4 Å². The van der Waals surface area contributed by atoms with Crippen LogP contribution in [0.25, 0.3) is 0 Å². The molecule has 4 nitrogen and oxygen atoms in total. The van der Waals surface area contributed by atoms with Crippen molar-refractivity contribution in [1.29, 1.82) is 0 Å². The quantitative estimate of drug-likeness (QED) is 0.402. The minimum atomic E-state index is -0.162. The standard InChI is InChI=1S/C11H20N2O2/c1-4-5-12-7-11(15)13-10(8-14)6-9(2)3/h1,9-10,12,14H,5-8H2,2-3H3,(H,13,15). The molecule has 0 aromatic rings. The van der Waals surface area contributed by atoms with Gasteiger partial charge >= 0.3 is 0 Å². The highest BCUT2D eigenvalue weighted by molar-refractivity contribution is 5.78. The van der Waals surface area contributed by atoms with E-state index in [2.05, 4.69) is 16.6 Å². The van der Waals surface area contributed by atoms with Crippen LogP contribution in [0.4, 0.5) is 0 Å². The summed E-state index contributed by atoms with van der Waals surface area (Å²) in [6.45, 7) is 4.63. The largest absolute Gasteiger partial charge is 0.394 e. The van der Waals surface area contributed by atoms with Crippen LogP contribution in [0.2, 0.25) is 0 Å². The third-order valence-corrected chi connectivity index (χ3v) is 1.85. The van der Waals surface area contributed by atoms with Gasteiger partial charge in [-0.05, 0) is 12.3 Å². The number of terminal acetylenes is 1. The zero-order valence-electron chi connectivity index (χ0n) is 9.42. The number of aliphatic hydroxyl groups excluding tert-OH is 1. The van der Waals surface area contributed by atoms with Gasteiger partial charge in [-0.25, -0.2) is 0 Å². The van der Waals surface area contributed by atoms with Crippen LogP contribution in [0.15, 0.2) is 0 Å². The van der Waals surface area contributed by atoms with Gasteiger partial charge < -0.3 is 10.4 Å². The second-order valence-electron chi connectivity index (χ2n) is 3.88. The highest BCUT2D eigenvalue weighted by atomic mass is 16.3. The van der Waals surface area contributed by atoms with Crippen LogP contribution < -0.4 is 10.6 Å². The van der Waals surface area contributed by atoms with E-state index in [4.69, 9.17) is 11.5 Å². The number of amides is 1. The first-order valence-corrected chi connectivity index (χ1v) is 5.14. The van der Waals surface area contributed by atoms with Crippen LogP contribution in [0.1, 0.15) is 20.3 Å². The molecule has 0 saturated carbocycles. The van der Waals surface area contributed by atoms with E-state index in [1.807, 2.05) is 13.8 Å². The first-order valence-electron chi connectivity index (χ1n) is 5.14. The Balaban J connectivity index is 3.76. The van der Waals surface area contributed by atoms with Crippen molar-refractivity contribution in [2.24, 2.45) is 5.92 Å². The molecule has 1 atom stereocenters. The van der Waals surface area contributed by atoms with Crippen LogP contribution >= 0.6 is 0 Å². The predicted octanol–water partition coefficient (Wildman–Crippen LogP) is -0.268. The summed E-state index contributed by atoms with van der Waals surface area (Å²) >= 11 is 0. The SMILES string of the molecule is C#CCNCC(=O)NC(CO)CC(C)C. The van der Waals surface area contributed by atoms with Crippen LogP contribution in [0.3, 0.4) is 0 Å². The first kappa shape index (κ1) is 13.9. The van der Waals surface area contributed by atoms with Gasteiger partial charge in [0.25, 0.3) is 0 Å². The molecule has 1 unspecified atom stereocenters. The van der Waals surface area contributed by atoms with Gasteiger partial charge in [0, 0.05) is 0 Å². The summed E-state index contributed by atoms with van der Waals surface area (Å²) in [6, 6.07) is -0.162. The molecule has 0 bridgehead atoms. The van der Waals surface area contributed by atoms with Crippen LogP contribution in [-0.4, -0.2) is 36.8 Å². The third-order valence-electron chi connectivity index (χ3n) is 1.85. The fourth-order valence-corrected chi connectivity index (χ4v) is 1.28. The summed E-state index contributed by atoms with van der Waals surface area (Å²) < 4.78 is 0. The molecular weight excluding hydrogens is 192 g/mol. The Labute approximate surface area is 91.4 Å². The van der Waals surface area contributed by atoms with Gasteiger partial charge in [0.2, 0.25) is 5.91 Å². The predicted molar refractivity (Wildman–Crippen MR) is 60.2 cm³/mol. The molecule has 0 spiro atoms. The van der Waals surface area contributed by atoms with Gasteiger partial charge in [-0.2, -0.15) is 0 Å². The number of hydrogen-bond donors (Lipinski definition) is 3. The molecule has 0 heterocycles. The van der Waals surface area contributed by atoms with E-state index in [1.54, 1.807) is 0 Å². The van der Waals surface area contributed by atoms with Crippen molar-refractivity contribution in [3.8, 4) is 12.3 Å². The van der Waals surface area contributed by atoms with Gasteiger partial charge in [0.1, 0.15) is 0 Å². The van der Waals surface area contributed by atoms with Crippen molar-refractivity contribution >= 4 is 5.91 Å². The Hall–Kier alpha value is -1.05. The van der Waals surface area contributed by atoms with Gasteiger partial charge in [-0.15, -0.1) is 6.42 Å². The van der Waals surface area contributed by atoms with Crippen molar-refractivity contribution in [2.45, 2.75) is 26.3 Å². The summed E-state index contributed by atoms with van der Waals surface area (Å²) in [5, 5.41) is 14.6. The number of rotatable bonds is 7.